The van der Waals surface area contributed by atoms with Crippen LogP contribution in [0, 0.1) is 11.7 Å². The molecule has 0 radical (unpaired) electrons. The molecule has 0 aromatic heterocycles. The topological polar surface area (TPSA) is 46.3 Å². The van der Waals surface area contributed by atoms with Crippen LogP contribution in [-0.4, -0.2) is 17.4 Å². The Balaban J connectivity index is 2.07. The van der Waals surface area contributed by atoms with E-state index >= 15 is 0 Å². The van der Waals surface area contributed by atoms with E-state index < -0.39 is 0 Å². The minimum atomic E-state index is -0.260. The van der Waals surface area contributed by atoms with Crippen LogP contribution in [0.4, 0.5) is 4.39 Å². The summed E-state index contributed by atoms with van der Waals surface area (Å²) in [5.74, 6) is 0.304. The number of amides is 1. The molecule has 0 bridgehead atoms. The van der Waals surface area contributed by atoms with Crippen molar-refractivity contribution in [3.05, 3.63) is 35.1 Å². The normalized spacial score (nSPS) is 19.2. The van der Waals surface area contributed by atoms with Crippen molar-refractivity contribution in [3.63, 3.8) is 0 Å². The van der Waals surface area contributed by atoms with Gasteiger partial charge in [0.2, 0.25) is 5.91 Å². The van der Waals surface area contributed by atoms with Crippen LogP contribution in [0.2, 0.25) is 0 Å². The fourth-order valence-electron chi connectivity index (χ4n) is 2.69. The molecule has 1 atom stereocenters. The molecule has 3 nitrogen and oxygen atoms in total. The van der Waals surface area contributed by atoms with Gasteiger partial charge in [-0.25, -0.2) is 4.39 Å². The summed E-state index contributed by atoms with van der Waals surface area (Å²) in [6.07, 6.45) is 2.75. The van der Waals surface area contributed by atoms with Crippen molar-refractivity contribution in [2.75, 3.05) is 6.54 Å². The number of hydrogen-bond acceptors (Lipinski definition) is 2. The number of hydrogen-bond donors (Lipinski definition) is 1. The Bertz CT molecular complexity index is 461. The molecule has 4 heteroatoms. The van der Waals surface area contributed by atoms with Gasteiger partial charge in [-0.3, -0.25) is 4.79 Å². The molecule has 1 aliphatic rings. The van der Waals surface area contributed by atoms with Crippen LogP contribution >= 0.6 is 0 Å². The van der Waals surface area contributed by atoms with Crippen molar-refractivity contribution >= 4 is 5.91 Å². The van der Waals surface area contributed by atoms with Gasteiger partial charge in [-0.05, 0) is 30.0 Å². The highest BCUT2D eigenvalue weighted by Gasteiger charge is 2.29. The fourth-order valence-corrected chi connectivity index (χ4v) is 2.69. The quantitative estimate of drug-likeness (QED) is 0.888. The first-order valence-electron chi connectivity index (χ1n) is 6.89. The summed E-state index contributed by atoms with van der Waals surface area (Å²) in [7, 11) is 0. The van der Waals surface area contributed by atoms with Gasteiger partial charge in [0.25, 0.3) is 0 Å². The molecule has 1 fully saturated rings. The highest BCUT2D eigenvalue weighted by molar-refractivity contribution is 5.78. The average molecular weight is 264 g/mol. The Morgan fingerprint density at radius 2 is 2.26 bits per heavy atom. The lowest BCUT2D eigenvalue weighted by Crippen LogP contribution is -2.25. The van der Waals surface area contributed by atoms with Gasteiger partial charge in [-0.15, -0.1) is 0 Å². The van der Waals surface area contributed by atoms with Crippen LogP contribution < -0.4 is 5.73 Å². The van der Waals surface area contributed by atoms with E-state index in [1.165, 1.54) is 6.07 Å². The number of likely N-dealkylation sites (tertiary alicyclic amines) is 1. The third-order valence-electron chi connectivity index (χ3n) is 3.70. The molecule has 1 amide bonds. The highest BCUT2D eigenvalue weighted by atomic mass is 19.1. The molecule has 1 saturated heterocycles. The number of benzene rings is 1. The van der Waals surface area contributed by atoms with Crippen molar-refractivity contribution in [3.8, 4) is 0 Å². The van der Waals surface area contributed by atoms with Gasteiger partial charge in [0.15, 0.2) is 0 Å². The molecular weight excluding hydrogens is 243 g/mol. The third kappa shape index (κ3) is 3.32. The van der Waals surface area contributed by atoms with Crippen LogP contribution in [0.1, 0.15) is 37.3 Å². The van der Waals surface area contributed by atoms with Crippen LogP contribution in [0.3, 0.4) is 0 Å². The molecule has 0 saturated carbocycles. The zero-order valence-corrected chi connectivity index (χ0v) is 11.4. The van der Waals surface area contributed by atoms with E-state index in [-0.39, 0.29) is 11.7 Å². The minimum Gasteiger partial charge on any atom is -0.338 e. The van der Waals surface area contributed by atoms with E-state index in [1.54, 1.807) is 17.0 Å². The first-order chi connectivity index (χ1) is 9.13. The zero-order chi connectivity index (χ0) is 13.8. The van der Waals surface area contributed by atoms with E-state index in [9.17, 15) is 9.18 Å². The molecule has 2 rings (SSSR count). The Morgan fingerprint density at radius 1 is 1.47 bits per heavy atom. The summed E-state index contributed by atoms with van der Waals surface area (Å²) >= 11 is 0. The van der Waals surface area contributed by atoms with Crippen LogP contribution in [-0.2, 0) is 17.9 Å². The summed E-state index contributed by atoms with van der Waals surface area (Å²) in [5, 5.41) is 0. The number of halogens is 1. The number of nitrogens with two attached hydrogens (primary N) is 1. The summed E-state index contributed by atoms with van der Waals surface area (Å²) in [4.78, 5) is 13.7. The Labute approximate surface area is 113 Å². The van der Waals surface area contributed by atoms with Crippen molar-refractivity contribution < 1.29 is 9.18 Å². The molecule has 2 N–H and O–H groups in total. The molecule has 1 aromatic carbocycles. The predicted octanol–water partition coefficient (Wildman–Crippen LogP) is 2.43. The van der Waals surface area contributed by atoms with Gasteiger partial charge in [0.05, 0.1) is 0 Å². The number of nitrogens with zero attached hydrogens (tertiary/aromatic N) is 1. The summed E-state index contributed by atoms with van der Waals surface area (Å²) in [6, 6.07) is 4.88. The van der Waals surface area contributed by atoms with E-state index in [2.05, 4.69) is 6.92 Å². The lowest BCUT2D eigenvalue weighted by Gasteiger charge is -2.17. The second kappa shape index (κ2) is 6.15. The highest BCUT2D eigenvalue weighted by Crippen LogP contribution is 2.24. The third-order valence-corrected chi connectivity index (χ3v) is 3.70. The predicted molar refractivity (Wildman–Crippen MR) is 72.7 cm³/mol. The maximum Gasteiger partial charge on any atom is 0.223 e. The molecule has 1 unspecified atom stereocenters. The van der Waals surface area contributed by atoms with E-state index in [0.717, 1.165) is 24.9 Å². The lowest BCUT2D eigenvalue weighted by atomic mass is 10.0. The van der Waals surface area contributed by atoms with Gasteiger partial charge in [-0.1, -0.05) is 19.4 Å². The average Bonchev–Trinajstić information content (AvgIpc) is 2.73. The molecule has 1 aliphatic heterocycles. The first kappa shape index (κ1) is 14.0. The van der Waals surface area contributed by atoms with Crippen LogP contribution in [0.15, 0.2) is 18.2 Å². The second-order valence-electron chi connectivity index (χ2n) is 5.26. The summed E-state index contributed by atoms with van der Waals surface area (Å²) in [6.45, 7) is 3.62. The standard InChI is InChI=1S/C15H21FN2O/c1-2-3-12-7-15(19)18(9-12)10-13-6-11(8-17)4-5-14(13)16/h4-6,12H,2-3,7-10,17H2,1H3. The molecular formula is C15H21FN2O. The number of carbonyl (C=O) groups excluding carboxylic acids is 1. The van der Waals surface area contributed by atoms with E-state index in [4.69, 9.17) is 5.73 Å². The minimum absolute atomic E-state index is 0.135. The van der Waals surface area contributed by atoms with E-state index in [0.29, 0.717) is 31.0 Å². The molecule has 0 aliphatic carbocycles. The monoisotopic (exact) mass is 264 g/mol. The number of rotatable bonds is 5. The van der Waals surface area contributed by atoms with Gasteiger partial charge in [0, 0.05) is 31.6 Å². The van der Waals surface area contributed by atoms with Crippen molar-refractivity contribution in [2.24, 2.45) is 11.7 Å². The molecule has 19 heavy (non-hydrogen) atoms. The van der Waals surface area contributed by atoms with Crippen molar-refractivity contribution in [1.82, 2.24) is 4.90 Å². The van der Waals surface area contributed by atoms with Gasteiger partial charge >= 0.3 is 0 Å². The van der Waals surface area contributed by atoms with Crippen LogP contribution in [0.25, 0.3) is 0 Å². The van der Waals surface area contributed by atoms with Gasteiger partial charge in [0.1, 0.15) is 5.82 Å². The summed E-state index contributed by atoms with van der Waals surface area (Å²) in [5.41, 5.74) is 7.02. The lowest BCUT2D eigenvalue weighted by molar-refractivity contribution is -0.128. The van der Waals surface area contributed by atoms with Gasteiger partial charge < -0.3 is 10.6 Å². The molecule has 0 spiro atoms. The largest absolute Gasteiger partial charge is 0.338 e. The number of carbonyl (C=O) groups is 1. The SMILES string of the molecule is CCCC1CC(=O)N(Cc2cc(CN)ccc2F)C1. The first-order valence-corrected chi connectivity index (χ1v) is 6.89. The van der Waals surface area contributed by atoms with Gasteiger partial charge in [-0.2, -0.15) is 0 Å². The van der Waals surface area contributed by atoms with E-state index in [1.807, 2.05) is 0 Å². The molecule has 104 valence electrons. The fraction of sp³-hybridized carbons (Fsp3) is 0.533. The molecule has 1 heterocycles. The Kier molecular flexibility index (Phi) is 4.53. The maximum absolute atomic E-state index is 13.8. The Hall–Kier alpha value is -1.42. The summed E-state index contributed by atoms with van der Waals surface area (Å²) < 4.78 is 13.8. The Morgan fingerprint density at radius 3 is 2.95 bits per heavy atom. The zero-order valence-electron chi connectivity index (χ0n) is 11.4. The van der Waals surface area contributed by atoms with Crippen molar-refractivity contribution in [2.45, 2.75) is 39.3 Å². The second-order valence-corrected chi connectivity index (χ2v) is 5.26. The van der Waals surface area contributed by atoms with Crippen LogP contribution in [0.5, 0.6) is 0 Å². The molecule has 1 aromatic rings. The smallest absolute Gasteiger partial charge is 0.223 e. The maximum atomic E-state index is 13.8. The van der Waals surface area contributed by atoms with Crippen molar-refractivity contribution in [1.29, 1.82) is 0 Å².